The van der Waals surface area contributed by atoms with E-state index in [4.69, 9.17) is 5.73 Å². The van der Waals surface area contributed by atoms with E-state index in [0.717, 1.165) is 19.3 Å². The van der Waals surface area contributed by atoms with Crippen molar-refractivity contribution in [3.8, 4) is 0 Å². The van der Waals surface area contributed by atoms with E-state index in [2.05, 4.69) is 21.2 Å². The zero-order chi connectivity index (χ0) is 13.2. The Bertz CT molecular complexity index is 455. The van der Waals surface area contributed by atoms with E-state index >= 15 is 0 Å². The van der Waals surface area contributed by atoms with E-state index in [1.807, 2.05) is 0 Å². The maximum atomic E-state index is 13.3. The number of benzene rings is 1. The van der Waals surface area contributed by atoms with Crippen LogP contribution in [0, 0.1) is 11.2 Å². The molecule has 3 nitrogen and oxygen atoms in total. The number of hydrogen-bond donors (Lipinski definition) is 2. The zero-order valence-electron chi connectivity index (χ0n) is 10.0. The molecule has 1 amide bonds. The fraction of sp³-hybridized carbons (Fsp3) is 0.462. The molecule has 0 bridgehead atoms. The van der Waals surface area contributed by atoms with Crippen LogP contribution in [0.2, 0.25) is 0 Å². The minimum Gasteiger partial charge on any atom is -0.330 e. The van der Waals surface area contributed by atoms with Crippen molar-refractivity contribution in [2.45, 2.75) is 25.7 Å². The number of halogens is 2. The summed E-state index contributed by atoms with van der Waals surface area (Å²) in [5.41, 5.74) is 6.16. The normalized spacial score (nSPS) is 17.1. The third-order valence-corrected chi connectivity index (χ3v) is 4.23. The molecule has 1 fully saturated rings. The minimum atomic E-state index is -0.384. The van der Waals surface area contributed by atoms with E-state index in [-0.39, 0.29) is 17.1 Å². The van der Waals surface area contributed by atoms with Crippen LogP contribution in [0.3, 0.4) is 0 Å². The molecule has 0 saturated heterocycles. The Morgan fingerprint density at radius 2 is 2.22 bits per heavy atom. The van der Waals surface area contributed by atoms with Crippen LogP contribution in [0.25, 0.3) is 0 Å². The van der Waals surface area contributed by atoms with Crippen LogP contribution in [0.5, 0.6) is 0 Å². The third-order valence-electron chi connectivity index (χ3n) is 3.59. The molecule has 1 aliphatic carbocycles. The standard InChI is InChI=1S/C13H16BrFN2O/c14-10-3-2-9(6-11(10)15)17-12(18)7-13(8-16)4-1-5-13/h2-3,6H,1,4-5,7-8,16H2,(H,17,18). The number of anilines is 1. The highest BCUT2D eigenvalue weighted by Gasteiger charge is 2.37. The lowest BCUT2D eigenvalue weighted by molar-refractivity contribution is -0.119. The van der Waals surface area contributed by atoms with Crippen LogP contribution in [-0.4, -0.2) is 12.5 Å². The second kappa shape index (κ2) is 5.36. The zero-order valence-corrected chi connectivity index (χ0v) is 11.6. The van der Waals surface area contributed by atoms with Gasteiger partial charge in [0.15, 0.2) is 0 Å². The van der Waals surface area contributed by atoms with Gasteiger partial charge in [-0.3, -0.25) is 4.79 Å². The molecule has 0 radical (unpaired) electrons. The van der Waals surface area contributed by atoms with Crippen molar-refractivity contribution < 1.29 is 9.18 Å². The van der Waals surface area contributed by atoms with Gasteiger partial charge in [0.25, 0.3) is 0 Å². The molecule has 0 spiro atoms. The Hall–Kier alpha value is -0.940. The van der Waals surface area contributed by atoms with Crippen molar-refractivity contribution >= 4 is 27.5 Å². The summed E-state index contributed by atoms with van der Waals surface area (Å²) in [6.07, 6.45) is 3.57. The average Bonchev–Trinajstić information content (AvgIpc) is 2.29. The molecule has 98 valence electrons. The van der Waals surface area contributed by atoms with E-state index in [1.165, 1.54) is 6.07 Å². The Kier molecular flexibility index (Phi) is 4.02. The molecule has 0 heterocycles. The summed E-state index contributed by atoms with van der Waals surface area (Å²) in [6.45, 7) is 0.537. The molecule has 5 heteroatoms. The van der Waals surface area contributed by atoms with Crippen LogP contribution in [0.4, 0.5) is 10.1 Å². The lowest BCUT2D eigenvalue weighted by Gasteiger charge is -2.40. The number of rotatable bonds is 4. The molecule has 0 aliphatic heterocycles. The van der Waals surface area contributed by atoms with Gasteiger partial charge in [-0.1, -0.05) is 6.42 Å². The van der Waals surface area contributed by atoms with Gasteiger partial charge in [0.2, 0.25) is 5.91 Å². The number of carbonyl (C=O) groups is 1. The number of nitrogens with one attached hydrogen (secondary N) is 1. The molecule has 3 N–H and O–H groups in total. The van der Waals surface area contributed by atoms with Gasteiger partial charge in [0.1, 0.15) is 5.82 Å². The number of amides is 1. The first-order chi connectivity index (χ1) is 8.54. The molecular weight excluding hydrogens is 299 g/mol. The van der Waals surface area contributed by atoms with E-state index in [0.29, 0.717) is 23.1 Å². The first-order valence-electron chi connectivity index (χ1n) is 6.00. The van der Waals surface area contributed by atoms with E-state index in [9.17, 15) is 9.18 Å². The van der Waals surface area contributed by atoms with Gasteiger partial charge in [-0.15, -0.1) is 0 Å². The van der Waals surface area contributed by atoms with Gasteiger partial charge >= 0.3 is 0 Å². The van der Waals surface area contributed by atoms with Gasteiger partial charge in [-0.05, 0) is 58.9 Å². The van der Waals surface area contributed by atoms with Crippen molar-refractivity contribution in [2.75, 3.05) is 11.9 Å². The Labute approximate surface area is 114 Å². The highest BCUT2D eigenvalue weighted by atomic mass is 79.9. The van der Waals surface area contributed by atoms with Crippen LogP contribution in [0.15, 0.2) is 22.7 Å². The summed E-state index contributed by atoms with van der Waals surface area (Å²) in [5.74, 6) is -0.480. The van der Waals surface area contributed by atoms with Gasteiger partial charge in [0, 0.05) is 12.1 Å². The van der Waals surface area contributed by atoms with Gasteiger partial charge in [-0.2, -0.15) is 0 Å². The topological polar surface area (TPSA) is 55.1 Å². The predicted octanol–water partition coefficient (Wildman–Crippen LogP) is 3.05. The monoisotopic (exact) mass is 314 g/mol. The molecule has 1 saturated carbocycles. The van der Waals surface area contributed by atoms with Crippen molar-refractivity contribution in [2.24, 2.45) is 11.1 Å². The van der Waals surface area contributed by atoms with Crippen LogP contribution >= 0.6 is 15.9 Å². The molecular formula is C13H16BrFN2O. The first-order valence-corrected chi connectivity index (χ1v) is 6.79. The average molecular weight is 315 g/mol. The number of nitrogens with two attached hydrogens (primary N) is 1. The molecule has 1 aromatic rings. The first kappa shape index (κ1) is 13.5. The molecule has 2 rings (SSSR count). The smallest absolute Gasteiger partial charge is 0.224 e. The number of carbonyl (C=O) groups excluding carboxylic acids is 1. The molecule has 0 unspecified atom stereocenters. The molecule has 0 aromatic heterocycles. The van der Waals surface area contributed by atoms with E-state index < -0.39 is 0 Å². The fourth-order valence-corrected chi connectivity index (χ4v) is 2.50. The minimum absolute atomic E-state index is 0.0298. The van der Waals surface area contributed by atoms with Crippen molar-refractivity contribution in [1.29, 1.82) is 0 Å². The fourth-order valence-electron chi connectivity index (χ4n) is 2.25. The van der Waals surface area contributed by atoms with Crippen LogP contribution in [0.1, 0.15) is 25.7 Å². The second-order valence-corrected chi connectivity index (χ2v) is 5.77. The Morgan fingerprint density at radius 3 is 2.72 bits per heavy atom. The Balaban J connectivity index is 1.96. The van der Waals surface area contributed by atoms with Crippen LogP contribution in [-0.2, 0) is 4.79 Å². The quantitative estimate of drug-likeness (QED) is 0.897. The van der Waals surface area contributed by atoms with Gasteiger partial charge in [0.05, 0.1) is 4.47 Å². The predicted molar refractivity (Wildman–Crippen MR) is 72.7 cm³/mol. The lowest BCUT2D eigenvalue weighted by Crippen LogP contribution is -2.40. The van der Waals surface area contributed by atoms with Gasteiger partial charge in [-0.25, -0.2) is 4.39 Å². The second-order valence-electron chi connectivity index (χ2n) is 4.91. The molecule has 1 aliphatic rings. The van der Waals surface area contributed by atoms with Crippen molar-refractivity contribution in [3.05, 3.63) is 28.5 Å². The summed E-state index contributed by atoms with van der Waals surface area (Å²) in [4.78, 5) is 11.9. The van der Waals surface area contributed by atoms with Crippen molar-refractivity contribution in [3.63, 3.8) is 0 Å². The molecule has 18 heavy (non-hydrogen) atoms. The highest BCUT2D eigenvalue weighted by Crippen LogP contribution is 2.43. The maximum Gasteiger partial charge on any atom is 0.224 e. The van der Waals surface area contributed by atoms with E-state index in [1.54, 1.807) is 12.1 Å². The Morgan fingerprint density at radius 1 is 1.50 bits per heavy atom. The maximum absolute atomic E-state index is 13.3. The molecule has 1 aromatic carbocycles. The highest BCUT2D eigenvalue weighted by molar-refractivity contribution is 9.10. The third kappa shape index (κ3) is 2.90. The van der Waals surface area contributed by atoms with Crippen molar-refractivity contribution in [1.82, 2.24) is 0 Å². The molecule has 0 atom stereocenters. The summed E-state index contributed by atoms with van der Waals surface area (Å²) < 4.78 is 13.7. The SMILES string of the molecule is NCC1(CC(=O)Nc2ccc(Br)c(F)c2)CCC1. The summed E-state index contributed by atoms with van der Waals surface area (Å²) in [5, 5.41) is 2.71. The summed E-state index contributed by atoms with van der Waals surface area (Å²) >= 11 is 3.07. The lowest BCUT2D eigenvalue weighted by atomic mass is 9.66. The number of hydrogen-bond acceptors (Lipinski definition) is 2. The summed E-state index contributed by atoms with van der Waals surface area (Å²) in [6, 6.07) is 4.55. The van der Waals surface area contributed by atoms with Gasteiger partial charge < -0.3 is 11.1 Å². The summed E-state index contributed by atoms with van der Waals surface area (Å²) in [7, 11) is 0. The largest absolute Gasteiger partial charge is 0.330 e. The van der Waals surface area contributed by atoms with Crippen LogP contribution < -0.4 is 11.1 Å².